The molecule has 2 amide bonds. The lowest BCUT2D eigenvalue weighted by Gasteiger charge is -2.28. The zero-order valence-electron chi connectivity index (χ0n) is 21.4. The van der Waals surface area contributed by atoms with Gasteiger partial charge in [-0.15, -0.1) is 11.3 Å². The summed E-state index contributed by atoms with van der Waals surface area (Å²) in [5, 5.41) is 7.16. The topological polar surface area (TPSA) is 143 Å². The highest BCUT2D eigenvalue weighted by Gasteiger charge is 2.35. The van der Waals surface area contributed by atoms with Crippen LogP contribution in [-0.4, -0.2) is 59.8 Å². The van der Waals surface area contributed by atoms with Crippen molar-refractivity contribution in [1.82, 2.24) is 20.3 Å². The highest BCUT2D eigenvalue weighted by molar-refractivity contribution is 7.90. The Hall–Kier alpha value is -3.84. The van der Waals surface area contributed by atoms with Gasteiger partial charge in [-0.2, -0.15) is 0 Å². The molecule has 0 fully saturated rings. The van der Waals surface area contributed by atoms with E-state index in [1.54, 1.807) is 32.9 Å². The summed E-state index contributed by atoms with van der Waals surface area (Å²) < 4.78 is 30.2. The number of nitrogens with zero attached hydrogens (tertiary/aromatic N) is 4. The minimum Gasteiger partial charge on any atom is -0.443 e. The van der Waals surface area contributed by atoms with Crippen LogP contribution in [0.2, 0.25) is 0 Å². The fourth-order valence-corrected chi connectivity index (χ4v) is 5.81. The van der Waals surface area contributed by atoms with Crippen LogP contribution >= 0.6 is 11.3 Å². The number of amides is 2. The lowest BCUT2D eigenvalue weighted by Crippen LogP contribution is -2.43. The summed E-state index contributed by atoms with van der Waals surface area (Å²) in [6, 6.07) is 8.53. The first-order valence-corrected chi connectivity index (χ1v) is 14.5. The molecule has 4 heterocycles. The number of rotatable bonds is 3. The Labute approximate surface area is 223 Å². The second-order valence-electron chi connectivity index (χ2n) is 10.1. The number of ether oxygens (including phenoxy) is 1. The van der Waals surface area contributed by atoms with Gasteiger partial charge in [-0.3, -0.25) is 9.69 Å². The summed E-state index contributed by atoms with van der Waals surface area (Å²) in [5.41, 5.74) is 0.406. The van der Waals surface area contributed by atoms with Gasteiger partial charge in [-0.05, 0) is 58.0 Å². The van der Waals surface area contributed by atoms with E-state index in [2.05, 4.69) is 25.6 Å². The first kappa shape index (κ1) is 25.8. The lowest BCUT2D eigenvalue weighted by atomic mass is 10.1. The molecule has 13 heteroatoms. The number of nitrogens with one attached hydrogen (secondary N) is 2. The molecule has 1 aliphatic heterocycles. The minimum absolute atomic E-state index is 0.246. The van der Waals surface area contributed by atoms with E-state index in [0.29, 0.717) is 21.9 Å². The third-order valence-corrected chi connectivity index (χ3v) is 7.65. The maximum absolute atomic E-state index is 13.3. The number of hydrogen-bond acceptors (Lipinski definition) is 10. The number of fused-ring (bicyclic) bond motifs is 5. The van der Waals surface area contributed by atoms with E-state index in [9.17, 15) is 18.0 Å². The van der Waals surface area contributed by atoms with Gasteiger partial charge in [0.25, 0.3) is 5.91 Å². The highest BCUT2D eigenvalue weighted by atomic mass is 32.2. The van der Waals surface area contributed by atoms with Gasteiger partial charge in [-0.25, -0.2) is 28.2 Å². The quantitative estimate of drug-likeness (QED) is 0.355. The maximum Gasteiger partial charge on any atom is 0.414 e. The Morgan fingerprint density at radius 3 is 2.61 bits per heavy atom. The van der Waals surface area contributed by atoms with Crippen LogP contribution in [0.15, 0.2) is 41.7 Å². The molecule has 38 heavy (non-hydrogen) atoms. The summed E-state index contributed by atoms with van der Waals surface area (Å²) in [6.45, 7) is 7.49. The number of anilines is 3. The fraction of sp³-hybridized carbons (Fsp3) is 0.320. The molecule has 2 N–H and O–H groups in total. The Balaban J connectivity index is 1.62. The SMILES string of the molecule is CC1CN(C(=O)OC(C)(C)C)c2c(sc3ccc4nc(Nc5ccnc(S(C)(=O)=O)n5)ccc4c23)C(=O)N1. The minimum atomic E-state index is -3.57. The Kier molecular flexibility index (Phi) is 6.22. The molecule has 1 aliphatic rings. The molecular formula is C25H26N6O5S2. The molecular weight excluding hydrogens is 528 g/mol. The van der Waals surface area contributed by atoms with E-state index < -0.39 is 21.5 Å². The van der Waals surface area contributed by atoms with Crippen LogP contribution in [0.3, 0.4) is 0 Å². The average molecular weight is 555 g/mol. The summed E-state index contributed by atoms with van der Waals surface area (Å²) >= 11 is 1.31. The largest absolute Gasteiger partial charge is 0.443 e. The second kappa shape index (κ2) is 9.17. The Morgan fingerprint density at radius 1 is 1.16 bits per heavy atom. The molecule has 0 bridgehead atoms. The van der Waals surface area contributed by atoms with Crippen molar-refractivity contribution in [2.24, 2.45) is 0 Å². The van der Waals surface area contributed by atoms with E-state index in [1.807, 2.05) is 25.1 Å². The number of aromatic nitrogens is 3. The van der Waals surface area contributed by atoms with E-state index in [1.165, 1.54) is 22.4 Å². The molecule has 198 valence electrons. The van der Waals surface area contributed by atoms with Crippen LogP contribution < -0.4 is 15.5 Å². The van der Waals surface area contributed by atoms with Gasteiger partial charge in [0, 0.05) is 40.5 Å². The van der Waals surface area contributed by atoms with E-state index in [0.717, 1.165) is 21.7 Å². The maximum atomic E-state index is 13.3. The second-order valence-corrected chi connectivity index (χ2v) is 13.0. The first-order chi connectivity index (χ1) is 17.8. The third kappa shape index (κ3) is 4.98. The standard InChI is InChI=1S/C25H26N6O5S2/c1-13-12-31(24(33)36-25(2,3)4)20-19-14-6-9-17(29-18-10-11-26-23(30-18)38(5,34)35)28-15(14)7-8-16(19)37-21(20)22(32)27-13/h6-11,13H,12H2,1-5H3,(H,27,32)(H,26,28,29,30). The van der Waals surface area contributed by atoms with Crippen molar-refractivity contribution >= 4 is 71.5 Å². The van der Waals surface area contributed by atoms with Crippen LogP contribution in [0.1, 0.15) is 37.4 Å². The molecule has 1 unspecified atom stereocenters. The molecule has 1 atom stereocenters. The number of hydrogen-bond donors (Lipinski definition) is 2. The molecule has 5 rings (SSSR count). The van der Waals surface area contributed by atoms with Gasteiger partial charge in [-0.1, -0.05) is 0 Å². The van der Waals surface area contributed by atoms with Crippen molar-refractivity contribution in [2.45, 2.75) is 44.5 Å². The zero-order chi connectivity index (χ0) is 27.4. The first-order valence-electron chi connectivity index (χ1n) is 11.8. The predicted molar refractivity (Wildman–Crippen MR) is 146 cm³/mol. The van der Waals surface area contributed by atoms with Gasteiger partial charge in [0.15, 0.2) is 0 Å². The summed E-state index contributed by atoms with van der Waals surface area (Å²) in [7, 11) is -3.57. The van der Waals surface area contributed by atoms with Gasteiger partial charge in [0.05, 0.1) is 11.2 Å². The summed E-state index contributed by atoms with van der Waals surface area (Å²) in [6.07, 6.45) is 1.86. The van der Waals surface area contributed by atoms with Crippen molar-refractivity contribution in [3.05, 3.63) is 41.4 Å². The number of sulfone groups is 1. The molecule has 0 saturated heterocycles. The molecule has 0 spiro atoms. The van der Waals surface area contributed by atoms with Crippen LogP contribution in [0.5, 0.6) is 0 Å². The van der Waals surface area contributed by atoms with Crippen molar-refractivity contribution in [3.63, 3.8) is 0 Å². The predicted octanol–water partition coefficient (Wildman–Crippen LogP) is 4.26. The van der Waals surface area contributed by atoms with Crippen LogP contribution in [0, 0.1) is 0 Å². The monoisotopic (exact) mass is 554 g/mol. The molecule has 0 aliphatic carbocycles. The Morgan fingerprint density at radius 2 is 1.89 bits per heavy atom. The molecule has 11 nitrogen and oxygen atoms in total. The Bertz CT molecular complexity index is 1710. The molecule has 1 aromatic carbocycles. The third-order valence-electron chi connectivity index (χ3n) is 5.64. The molecule has 0 radical (unpaired) electrons. The molecule has 3 aromatic heterocycles. The van der Waals surface area contributed by atoms with E-state index in [4.69, 9.17) is 4.74 Å². The van der Waals surface area contributed by atoms with Gasteiger partial charge in [0.2, 0.25) is 15.0 Å². The smallest absolute Gasteiger partial charge is 0.414 e. The average Bonchev–Trinajstić information content (AvgIpc) is 3.15. The lowest BCUT2D eigenvalue weighted by molar-refractivity contribution is 0.0578. The van der Waals surface area contributed by atoms with E-state index >= 15 is 0 Å². The normalized spacial score (nSPS) is 16.2. The number of carbonyl (C=O) groups excluding carboxylic acids is 2. The molecule has 4 aromatic rings. The van der Waals surface area contributed by atoms with Crippen LogP contribution in [0.4, 0.5) is 22.1 Å². The zero-order valence-corrected chi connectivity index (χ0v) is 23.0. The van der Waals surface area contributed by atoms with Gasteiger partial charge in [0.1, 0.15) is 22.1 Å². The number of pyridine rings is 1. The summed E-state index contributed by atoms with van der Waals surface area (Å²) in [5.74, 6) is 0.468. The number of carbonyl (C=O) groups is 2. The van der Waals surface area contributed by atoms with Gasteiger partial charge >= 0.3 is 6.09 Å². The molecule has 0 saturated carbocycles. The van der Waals surface area contributed by atoms with Crippen molar-refractivity contribution in [1.29, 1.82) is 0 Å². The van der Waals surface area contributed by atoms with Crippen LogP contribution in [0.25, 0.3) is 21.0 Å². The van der Waals surface area contributed by atoms with E-state index in [-0.39, 0.29) is 29.5 Å². The highest BCUT2D eigenvalue weighted by Crippen LogP contribution is 2.43. The van der Waals surface area contributed by atoms with Crippen molar-refractivity contribution in [2.75, 3.05) is 23.0 Å². The number of benzene rings is 1. The van der Waals surface area contributed by atoms with Crippen LogP contribution in [-0.2, 0) is 14.6 Å². The fourth-order valence-electron chi connectivity index (χ4n) is 4.17. The summed E-state index contributed by atoms with van der Waals surface area (Å²) in [4.78, 5) is 40.9. The number of thiophene rings is 1. The van der Waals surface area contributed by atoms with Crippen molar-refractivity contribution < 1.29 is 22.7 Å². The van der Waals surface area contributed by atoms with Gasteiger partial charge < -0.3 is 15.4 Å². The van der Waals surface area contributed by atoms with Crippen molar-refractivity contribution in [3.8, 4) is 0 Å².